The van der Waals surface area contributed by atoms with Gasteiger partial charge in [0.25, 0.3) is 5.89 Å². The summed E-state index contributed by atoms with van der Waals surface area (Å²) in [5.74, 6) is -0.793. The zero-order valence-electron chi connectivity index (χ0n) is 13.5. The van der Waals surface area contributed by atoms with E-state index in [1.54, 1.807) is 30.6 Å². The van der Waals surface area contributed by atoms with Crippen LogP contribution < -0.4 is 4.72 Å². The number of nitrogens with one attached hydrogen (secondary N) is 1. The molecule has 0 aliphatic rings. The second-order valence-electron chi connectivity index (χ2n) is 5.37. The van der Waals surface area contributed by atoms with E-state index in [9.17, 15) is 13.2 Å². The van der Waals surface area contributed by atoms with Crippen LogP contribution >= 0.6 is 0 Å². The van der Waals surface area contributed by atoms with Gasteiger partial charge in [0, 0.05) is 23.5 Å². The molecule has 2 aromatic heterocycles. The first kappa shape index (κ1) is 17.7. The number of carboxylic acids is 1. The molecule has 1 atom stereocenters. The Morgan fingerprint density at radius 1 is 1.19 bits per heavy atom. The minimum atomic E-state index is -4.01. The molecule has 0 saturated heterocycles. The lowest BCUT2D eigenvalue weighted by atomic mass is 10.2. The van der Waals surface area contributed by atoms with Crippen LogP contribution in [0.3, 0.4) is 0 Å². The van der Waals surface area contributed by atoms with Gasteiger partial charge in [0.05, 0.1) is 4.90 Å². The third-order valence-electron chi connectivity index (χ3n) is 3.46. The number of nitrogens with zero attached hydrogens (tertiary/aromatic N) is 3. The van der Waals surface area contributed by atoms with Crippen LogP contribution in [0.2, 0.25) is 0 Å². The molecule has 2 N–H and O–H groups in total. The lowest BCUT2D eigenvalue weighted by molar-refractivity contribution is -0.138. The van der Waals surface area contributed by atoms with E-state index >= 15 is 0 Å². The number of aliphatic carboxylic acids is 1. The maximum absolute atomic E-state index is 12.3. The quantitative estimate of drug-likeness (QED) is 0.663. The summed E-state index contributed by atoms with van der Waals surface area (Å²) < 4.78 is 31.9. The highest BCUT2D eigenvalue weighted by Crippen LogP contribution is 2.23. The van der Waals surface area contributed by atoms with Crippen LogP contribution in [0.4, 0.5) is 0 Å². The van der Waals surface area contributed by atoms with Gasteiger partial charge in [0.15, 0.2) is 0 Å². The molecule has 10 heteroatoms. The van der Waals surface area contributed by atoms with Crippen molar-refractivity contribution in [3.63, 3.8) is 0 Å². The predicted octanol–water partition coefficient (Wildman–Crippen LogP) is 1.55. The Kier molecular flexibility index (Phi) is 4.78. The van der Waals surface area contributed by atoms with Crippen molar-refractivity contribution in [1.82, 2.24) is 19.8 Å². The molecular formula is C16H14N4O5S. The molecule has 0 aliphatic heterocycles. The first-order valence-electron chi connectivity index (χ1n) is 7.46. The largest absolute Gasteiger partial charge is 0.480 e. The van der Waals surface area contributed by atoms with Gasteiger partial charge in [-0.2, -0.15) is 9.71 Å². The topological polar surface area (TPSA) is 135 Å². The van der Waals surface area contributed by atoms with Crippen LogP contribution in [0.5, 0.6) is 0 Å². The Hall–Kier alpha value is -3.11. The van der Waals surface area contributed by atoms with Crippen LogP contribution in [0.15, 0.2) is 58.2 Å². The van der Waals surface area contributed by atoms with Crippen molar-refractivity contribution in [2.75, 3.05) is 0 Å². The molecule has 0 fully saturated rings. The summed E-state index contributed by atoms with van der Waals surface area (Å²) in [6.07, 6.45) is 3.17. The molecule has 2 heterocycles. The molecule has 1 aromatic carbocycles. The van der Waals surface area contributed by atoms with Gasteiger partial charge >= 0.3 is 5.97 Å². The smallest absolute Gasteiger partial charge is 0.321 e. The van der Waals surface area contributed by atoms with Crippen molar-refractivity contribution in [3.8, 4) is 22.8 Å². The highest BCUT2D eigenvalue weighted by Gasteiger charge is 2.22. The number of hydrogen-bond acceptors (Lipinski definition) is 7. The minimum absolute atomic E-state index is 0.0987. The normalized spacial score (nSPS) is 12.7. The van der Waals surface area contributed by atoms with Crippen molar-refractivity contribution >= 4 is 16.0 Å². The SMILES string of the molecule is CC(NS(=O)(=O)c1cccc(-c2noc(-c3ccncc3)n2)c1)C(=O)O. The summed E-state index contributed by atoms with van der Waals surface area (Å²) in [5.41, 5.74) is 1.10. The molecule has 3 aromatic rings. The lowest BCUT2D eigenvalue weighted by Gasteiger charge is -2.10. The van der Waals surface area contributed by atoms with Crippen molar-refractivity contribution < 1.29 is 22.8 Å². The van der Waals surface area contributed by atoms with E-state index in [1.807, 2.05) is 0 Å². The third kappa shape index (κ3) is 3.76. The second kappa shape index (κ2) is 7.02. The molecule has 3 rings (SSSR count). The van der Waals surface area contributed by atoms with Gasteiger partial charge in [0.2, 0.25) is 15.8 Å². The molecule has 0 radical (unpaired) electrons. The highest BCUT2D eigenvalue weighted by atomic mass is 32.2. The molecule has 1 unspecified atom stereocenters. The Balaban J connectivity index is 1.91. The summed E-state index contributed by atoms with van der Waals surface area (Å²) in [6, 6.07) is 7.98. The van der Waals surface area contributed by atoms with Gasteiger partial charge < -0.3 is 9.63 Å². The Bertz CT molecular complexity index is 1030. The fraction of sp³-hybridized carbons (Fsp3) is 0.125. The van der Waals surface area contributed by atoms with E-state index in [0.717, 1.165) is 0 Å². The first-order chi connectivity index (χ1) is 12.4. The van der Waals surface area contributed by atoms with Crippen LogP contribution in [0.1, 0.15) is 6.92 Å². The minimum Gasteiger partial charge on any atom is -0.480 e. The molecule has 134 valence electrons. The summed E-state index contributed by atoms with van der Waals surface area (Å²) in [5, 5.41) is 12.7. The maximum Gasteiger partial charge on any atom is 0.321 e. The molecule has 0 aliphatic carbocycles. The van der Waals surface area contributed by atoms with Gasteiger partial charge in [-0.1, -0.05) is 17.3 Å². The molecular weight excluding hydrogens is 360 g/mol. The number of sulfonamides is 1. The Morgan fingerprint density at radius 2 is 1.92 bits per heavy atom. The van der Waals surface area contributed by atoms with Crippen LogP contribution in [0, 0.1) is 0 Å². The number of pyridine rings is 1. The standard InChI is InChI=1S/C16H14N4O5S/c1-10(16(21)22)20-26(23,24)13-4-2-3-12(9-13)14-18-15(25-19-14)11-5-7-17-8-6-11/h2-10,20H,1H3,(H,21,22). The number of hydrogen-bond donors (Lipinski definition) is 2. The van der Waals surface area contributed by atoms with Gasteiger partial charge in [-0.25, -0.2) is 8.42 Å². The number of carbonyl (C=O) groups is 1. The zero-order chi connectivity index (χ0) is 18.7. The van der Waals surface area contributed by atoms with E-state index in [4.69, 9.17) is 9.63 Å². The molecule has 0 spiro atoms. The number of aromatic nitrogens is 3. The van der Waals surface area contributed by atoms with E-state index in [2.05, 4.69) is 19.8 Å². The predicted molar refractivity (Wildman–Crippen MR) is 90.4 cm³/mol. The van der Waals surface area contributed by atoms with E-state index in [-0.39, 0.29) is 16.6 Å². The summed E-state index contributed by atoms with van der Waals surface area (Å²) in [6.45, 7) is 1.24. The van der Waals surface area contributed by atoms with Gasteiger partial charge in [-0.15, -0.1) is 0 Å². The molecule has 9 nitrogen and oxygen atoms in total. The summed E-state index contributed by atoms with van der Waals surface area (Å²) in [4.78, 5) is 18.9. The average molecular weight is 374 g/mol. The summed E-state index contributed by atoms with van der Waals surface area (Å²) in [7, 11) is -4.01. The van der Waals surface area contributed by atoms with Crippen LogP contribution in [0.25, 0.3) is 22.8 Å². The lowest BCUT2D eigenvalue weighted by Crippen LogP contribution is -2.38. The van der Waals surface area contributed by atoms with Crippen molar-refractivity contribution in [2.24, 2.45) is 0 Å². The first-order valence-corrected chi connectivity index (χ1v) is 8.95. The number of benzene rings is 1. The number of rotatable bonds is 6. The Labute approximate surface area is 148 Å². The molecule has 0 saturated carbocycles. The van der Waals surface area contributed by atoms with E-state index in [1.165, 1.54) is 25.1 Å². The zero-order valence-corrected chi connectivity index (χ0v) is 14.3. The van der Waals surface area contributed by atoms with Gasteiger partial charge in [0.1, 0.15) is 6.04 Å². The van der Waals surface area contributed by atoms with Crippen LogP contribution in [-0.4, -0.2) is 40.7 Å². The van der Waals surface area contributed by atoms with Gasteiger partial charge in [-0.05, 0) is 31.2 Å². The highest BCUT2D eigenvalue weighted by molar-refractivity contribution is 7.89. The molecule has 0 amide bonds. The Morgan fingerprint density at radius 3 is 2.62 bits per heavy atom. The average Bonchev–Trinajstić information content (AvgIpc) is 3.12. The van der Waals surface area contributed by atoms with Crippen molar-refractivity contribution in [2.45, 2.75) is 17.9 Å². The van der Waals surface area contributed by atoms with Crippen molar-refractivity contribution in [3.05, 3.63) is 48.8 Å². The maximum atomic E-state index is 12.3. The van der Waals surface area contributed by atoms with Crippen molar-refractivity contribution in [1.29, 1.82) is 0 Å². The van der Waals surface area contributed by atoms with Crippen LogP contribution in [-0.2, 0) is 14.8 Å². The third-order valence-corrected chi connectivity index (χ3v) is 5.00. The van der Waals surface area contributed by atoms with E-state index < -0.39 is 22.0 Å². The fourth-order valence-corrected chi connectivity index (χ4v) is 3.35. The van der Waals surface area contributed by atoms with E-state index in [0.29, 0.717) is 11.1 Å². The number of carboxylic acid groups (broad SMARTS) is 1. The molecule has 26 heavy (non-hydrogen) atoms. The summed E-state index contributed by atoms with van der Waals surface area (Å²) >= 11 is 0. The van der Waals surface area contributed by atoms with Gasteiger partial charge in [-0.3, -0.25) is 9.78 Å². The second-order valence-corrected chi connectivity index (χ2v) is 7.08. The monoisotopic (exact) mass is 374 g/mol. The molecule has 0 bridgehead atoms. The fourth-order valence-electron chi connectivity index (χ4n) is 2.11.